The molecular formula is C12H17ClN2O3S. The fourth-order valence-electron chi connectivity index (χ4n) is 2.24. The Kier molecular flexibility index (Phi) is 5.01. The van der Waals surface area contributed by atoms with Gasteiger partial charge >= 0.3 is 5.97 Å². The van der Waals surface area contributed by atoms with Crippen LogP contribution in [0.2, 0.25) is 5.15 Å². The van der Waals surface area contributed by atoms with Gasteiger partial charge in [0.05, 0.1) is 13.2 Å². The van der Waals surface area contributed by atoms with E-state index in [1.807, 2.05) is 0 Å². The van der Waals surface area contributed by atoms with E-state index in [0.717, 1.165) is 25.7 Å². The van der Waals surface area contributed by atoms with Crippen molar-refractivity contribution in [1.82, 2.24) is 4.98 Å². The van der Waals surface area contributed by atoms with E-state index >= 15 is 0 Å². The van der Waals surface area contributed by atoms with Crippen LogP contribution in [0.25, 0.3) is 0 Å². The van der Waals surface area contributed by atoms with Gasteiger partial charge in [0.25, 0.3) is 0 Å². The second-order valence-electron chi connectivity index (χ2n) is 4.62. The van der Waals surface area contributed by atoms with Crippen LogP contribution < -0.4 is 5.32 Å². The summed E-state index contributed by atoms with van der Waals surface area (Å²) in [5.74, 6) is -0.244. The first-order valence-corrected chi connectivity index (χ1v) is 7.48. The molecule has 0 spiro atoms. The molecule has 0 aromatic carbocycles. The number of hydrogen-bond donors (Lipinski definition) is 2. The number of aliphatic hydroxyl groups excluding tert-OH is 1. The summed E-state index contributed by atoms with van der Waals surface area (Å²) >= 11 is 7.05. The number of methoxy groups -OCH3 is 1. The maximum absolute atomic E-state index is 11.4. The van der Waals surface area contributed by atoms with Crippen molar-refractivity contribution in [1.29, 1.82) is 0 Å². The predicted octanol–water partition coefficient (Wildman–Crippen LogP) is 2.55. The molecule has 7 heteroatoms. The molecule has 0 aliphatic heterocycles. The highest BCUT2D eigenvalue weighted by Gasteiger charge is 2.23. The number of nitrogens with zero attached hydrogens (tertiary/aromatic N) is 1. The lowest BCUT2D eigenvalue weighted by Gasteiger charge is -2.27. The van der Waals surface area contributed by atoms with E-state index in [-0.39, 0.29) is 17.2 Å². The Labute approximate surface area is 120 Å². The number of nitrogens with one attached hydrogen (secondary N) is 1. The van der Waals surface area contributed by atoms with Gasteiger partial charge in [-0.15, -0.1) is 0 Å². The van der Waals surface area contributed by atoms with Gasteiger partial charge in [-0.25, -0.2) is 9.78 Å². The molecule has 1 heterocycles. The molecule has 0 radical (unpaired) electrons. The van der Waals surface area contributed by atoms with Crippen molar-refractivity contribution in [2.24, 2.45) is 5.92 Å². The van der Waals surface area contributed by atoms with Crippen LogP contribution in [0.3, 0.4) is 0 Å². The number of hydrogen-bond acceptors (Lipinski definition) is 6. The lowest BCUT2D eigenvalue weighted by atomic mass is 9.86. The fourth-order valence-corrected chi connectivity index (χ4v) is 3.35. The Morgan fingerprint density at radius 3 is 3.00 bits per heavy atom. The first-order valence-electron chi connectivity index (χ1n) is 6.28. The van der Waals surface area contributed by atoms with Crippen molar-refractivity contribution in [3.05, 3.63) is 10.0 Å². The van der Waals surface area contributed by atoms with Crippen LogP contribution in [-0.4, -0.2) is 35.8 Å². The largest absolute Gasteiger partial charge is 0.465 e. The molecule has 1 fully saturated rings. The van der Waals surface area contributed by atoms with Crippen molar-refractivity contribution in [3.63, 3.8) is 0 Å². The molecule has 2 rings (SSSR count). The van der Waals surface area contributed by atoms with E-state index in [1.54, 1.807) is 0 Å². The number of halogens is 1. The van der Waals surface area contributed by atoms with Crippen LogP contribution in [0.5, 0.6) is 0 Å². The van der Waals surface area contributed by atoms with Gasteiger partial charge in [-0.1, -0.05) is 35.8 Å². The smallest absolute Gasteiger partial charge is 0.351 e. The highest BCUT2D eigenvalue weighted by Crippen LogP contribution is 2.29. The summed E-state index contributed by atoms with van der Waals surface area (Å²) in [6.07, 6.45) is 3.86. The summed E-state index contributed by atoms with van der Waals surface area (Å²) in [7, 11) is 1.31. The molecule has 2 atom stereocenters. The van der Waals surface area contributed by atoms with Crippen LogP contribution in [0, 0.1) is 5.92 Å². The monoisotopic (exact) mass is 304 g/mol. The summed E-state index contributed by atoms with van der Waals surface area (Å²) in [6.45, 7) is 0.644. The van der Waals surface area contributed by atoms with Crippen LogP contribution >= 0.6 is 22.9 Å². The summed E-state index contributed by atoms with van der Waals surface area (Å²) < 4.78 is 4.62. The second-order valence-corrected chi connectivity index (χ2v) is 5.98. The third-order valence-electron chi connectivity index (χ3n) is 3.34. The van der Waals surface area contributed by atoms with Gasteiger partial charge in [0, 0.05) is 12.5 Å². The van der Waals surface area contributed by atoms with Crippen molar-refractivity contribution in [3.8, 4) is 0 Å². The quantitative estimate of drug-likeness (QED) is 0.837. The highest BCUT2D eigenvalue weighted by atomic mass is 35.5. The van der Waals surface area contributed by atoms with Crippen LogP contribution in [-0.2, 0) is 4.74 Å². The van der Waals surface area contributed by atoms with Crippen molar-refractivity contribution >= 4 is 34.0 Å². The average Bonchev–Trinajstić information content (AvgIpc) is 2.78. The van der Waals surface area contributed by atoms with E-state index in [0.29, 0.717) is 16.6 Å². The number of rotatable bonds is 4. The molecule has 1 aliphatic carbocycles. The zero-order valence-corrected chi connectivity index (χ0v) is 12.3. The zero-order valence-electron chi connectivity index (χ0n) is 10.7. The predicted molar refractivity (Wildman–Crippen MR) is 74.9 cm³/mol. The molecule has 2 unspecified atom stereocenters. The van der Waals surface area contributed by atoms with Crippen molar-refractivity contribution in [2.45, 2.75) is 31.8 Å². The summed E-state index contributed by atoms with van der Waals surface area (Å²) in [5.41, 5.74) is 0. The van der Waals surface area contributed by atoms with E-state index in [4.69, 9.17) is 11.6 Å². The number of aromatic nitrogens is 1. The van der Waals surface area contributed by atoms with Gasteiger partial charge in [0.15, 0.2) is 15.2 Å². The van der Waals surface area contributed by atoms with Crippen molar-refractivity contribution < 1.29 is 14.6 Å². The minimum atomic E-state index is -0.478. The average molecular weight is 305 g/mol. The number of aliphatic hydroxyl groups is 1. The van der Waals surface area contributed by atoms with E-state index in [2.05, 4.69) is 15.0 Å². The third kappa shape index (κ3) is 3.58. The number of thiazole rings is 1. The third-order valence-corrected chi connectivity index (χ3v) is 4.72. The Balaban J connectivity index is 1.94. The molecule has 106 valence electrons. The molecule has 0 amide bonds. The van der Waals surface area contributed by atoms with Gasteiger partial charge in [-0.3, -0.25) is 0 Å². The van der Waals surface area contributed by atoms with Crippen LogP contribution in [0.15, 0.2) is 0 Å². The van der Waals surface area contributed by atoms with Gasteiger partial charge in [-0.05, 0) is 12.8 Å². The van der Waals surface area contributed by atoms with Gasteiger partial charge in [0.1, 0.15) is 0 Å². The number of ether oxygens (including phenoxy) is 1. The minimum Gasteiger partial charge on any atom is -0.465 e. The Morgan fingerprint density at radius 1 is 1.58 bits per heavy atom. The lowest BCUT2D eigenvalue weighted by Crippen LogP contribution is -2.30. The molecule has 1 saturated carbocycles. The SMILES string of the molecule is COC(=O)c1sc(NCC2CCCCC2O)nc1Cl. The number of carbonyl (C=O) groups is 1. The van der Waals surface area contributed by atoms with Gasteiger partial charge in [-0.2, -0.15) is 0 Å². The lowest BCUT2D eigenvalue weighted by molar-refractivity contribution is 0.0606. The Hall–Kier alpha value is -0.850. The maximum atomic E-state index is 11.4. The summed E-state index contributed by atoms with van der Waals surface area (Å²) in [5, 5.41) is 13.8. The fraction of sp³-hybridized carbons (Fsp3) is 0.667. The number of anilines is 1. The highest BCUT2D eigenvalue weighted by molar-refractivity contribution is 7.18. The maximum Gasteiger partial charge on any atom is 0.351 e. The minimum absolute atomic E-state index is 0.156. The molecule has 1 aromatic heterocycles. The number of carbonyl (C=O) groups excluding carboxylic acids is 1. The molecular weight excluding hydrogens is 288 g/mol. The van der Waals surface area contributed by atoms with Gasteiger partial charge < -0.3 is 15.2 Å². The first kappa shape index (κ1) is 14.6. The van der Waals surface area contributed by atoms with Crippen molar-refractivity contribution in [2.75, 3.05) is 19.0 Å². The molecule has 1 aliphatic rings. The zero-order chi connectivity index (χ0) is 13.8. The molecule has 1 aromatic rings. The van der Waals surface area contributed by atoms with Crippen LogP contribution in [0.1, 0.15) is 35.4 Å². The standard InChI is InChI=1S/C12H17ClN2O3S/c1-18-11(17)9-10(13)15-12(19-9)14-6-7-4-2-3-5-8(7)16/h7-8,16H,2-6H2,1H3,(H,14,15). The Bertz CT molecular complexity index is 452. The molecule has 0 bridgehead atoms. The summed E-state index contributed by atoms with van der Waals surface area (Å²) in [4.78, 5) is 15.8. The molecule has 5 nitrogen and oxygen atoms in total. The second kappa shape index (κ2) is 6.54. The van der Waals surface area contributed by atoms with E-state index in [9.17, 15) is 9.90 Å². The molecule has 2 N–H and O–H groups in total. The molecule has 19 heavy (non-hydrogen) atoms. The first-order chi connectivity index (χ1) is 9.11. The van der Waals surface area contributed by atoms with E-state index in [1.165, 1.54) is 18.4 Å². The van der Waals surface area contributed by atoms with Gasteiger partial charge in [0.2, 0.25) is 0 Å². The van der Waals surface area contributed by atoms with Crippen LogP contribution in [0.4, 0.5) is 5.13 Å². The topological polar surface area (TPSA) is 71.5 Å². The van der Waals surface area contributed by atoms with E-state index < -0.39 is 5.97 Å². The molecule has 0 saturated heterocycles. The normalized spacial score (nSPS) is 23.1. The Morgan fingerprint density at radius 2 is 2.32 bits per heavy atom. The number of esters is 1. The summed E-state index contributed by atoms with van der Waals surface area (Å²) in [6, 6.07) is 0.